The molecule has 0 heterocycles. The number of methoxy groups -OCH3 is 1. The number of rotatable bonds is 9. The number of amides is 1. The van der Waals surface area contributed by atoms with E-state index >= 15 is 0 Å². The van der Waals surface area contributed by atoms with Crippen LogP contribution in [0, 0.1) is 0 Å². The number of benzene rings is 1. The monoisotopic (exact) mass is 532 g/mol. The highest BCUT2D eigenvalue weighted by molar-refractivity contribution is 14.0. The topological polar surface area (TPSA) is 75.2 Å². The van der Waals surface area contributed by atoms with Crippen LogP contribution in [0.25, 0.3) is 0 Å². The number of likely N-dealkylation sites (N-methyl/N-ethyl adjacent to an activating group) is 1. The molecule has 2 N–H and O–H groups in total. The normalized spacial score (nSPS) is 15.2. The summed E-state index contributed by atoms with van der Waals surface area (Å²) in [6, 6.07) is 6.14. The fourth-order valence-electron chi connectivity index (χ4n) is 3.12. The number of aliphatic imine (C=N–C) groups is 1. The molecule has 30 heavy (non-hydrogen) atoms. The molecule has 1 fully saturated rings. The number of halogens is 1. The van der Waals surface area contributed by atoms with Crippen LogP contribution < -0.4 is 20.1 Å². The van der Waals surface area contributed by atoms with Gasteiger partial charge in [-0.3, -0.25) is 4.79 Å². The zero-order valence-electron chi connectivity index (χ0n) is 18.9. The van der Waals surface area contributed by atoms with Gasteiger partial charge in [0.05, 0.1) is 26.3 Å². The van der Waals surface area contributed by atoms with Crippen molar-refractivity contribution in [1.82, 2.24) is 15.5 Å². The van der Waals surface area contributed by atoms with Gasteiger partial charge in [0.2, 0.25) is 5.91 Å². The molecule has 1 aromatic rings. The van der Waals surface area contributed by atoms with E-state index in [4.69, 9.17) is 14.5 Å². The lowest BCUT2D eigenvalue weighted by molar-refractivity contribution is -0.127. The molecule has 7 nitrogen and oxygen atoms in total. The summed E-state index contributed by atoms with van der Waals surface area (Å²) in [6.45, 7) is 4.82. The Morgan fingerprint density at radius 2 is 2.00 bits per heavy atom. The van der Waals surface area contributed by atoms with Gasteiger partial charge < -0.3 is 25.0 Å². The molecule has 170 valence electrons. The number of para-hydroxylation sites is 1. The van der Waals surface area contributed by atoms with Crippen molar-refractivity contribution in [3.05, 3.63) is 23.8 Å². The maximum atomic E-state index is 12.0. The highest BCUT2D eigenvalue weighted by Gasteiger charge is 2.20. The van der Waals surface area contributed by atoms with Gasteiger partial charge in [-0.15, -0.1) is 24.0 Å². The summed E-state index contributed by atoms with van der Waals surface area (Å²) in [6.07, 6.45) is 5.77. The van der Waals surface area contributed by atoms with Crippen molar-refractivity contribution in [2.75, 3.05) is 27.7 Å². The Morgan fingerprint density at radius 1 is 1.30 bits per heavy atom. The van der Waals surface area contributed by atoms with E-state index in [0.29, 0.717) is 12.5 Å². The number of hydrogen-bond acceptors (Lipinski definition) is 4. The van der Waals surface area contributed by atoms with Gasteiger partial charge in [0.1, 0.15) is 0 Å². The van der Waals surface area contributed by atoms with Crippen molar-refractivity contribution < 1.29 is 14.3 Å². The number of hydrogen-bond donors (Lipinski definition) is 2. The van der Waals surface area contributed by atoms with E-state index in [9.17, 15) is 4.79 Å². The number of carbonyl (C=O) groups is 1. The van der Waals surface area contributed by atoms with E-state index in [2.05, 4.69) is 24.5 Å². The van der Waals surface area contributed by atoms with Gasteiger partial charge in [-0.1, -0.05) is 19.1 Å². The summed E-state index contributed by atoms with van der Waals surface area (Å²) in [5.74, 6) is 2.12. The number of ether oxygens (including phenoxy) is 2. The Hall–Kier alpha value is -1.71. The van der Waals surface area contributed by atoms with Crippen molar-refractivity contribution in [1.29, 1.82) is 0 Å². The average molecular weight is 532 g/mol. The van der Waals surface area contributed by atoms with Gasteiger partial charge in [0, 0.05) is 25.7 Å². The lowest BCUT2D eigenvalue weighted by atomic mass is 10.1. The molecule has 1 amide bonds. The van der Waals surface area contributed by atoms with E-state index < -0.39 is 0 Å². The molecule has 1 aromatic carbocycles. The molecule has 1 unspecified atom stereocenters. The first kappa shape index (κ1) is 26.3. The third kappa shape index (κ3) is 8.20. The van der Waals surface area contributed by atoms with E-state index in [1.807, 2.05) is 18.2 Å². The number of guanidine groups is 1. The second-order valence-corrected chi connectivity index (χ2v) is 7.73. The minimum absolute atomic E-state index is 0. The molecule has 2 rings (SSSR count). The van der Waals surface area contributed by atoms with E-state index in [-0.39, 0.29) is 48.6 Å². The quantitative estimate of drug-likeness (QED) is 0.289. The molecule has 1 saturated carbocycles. The third-order valence-electron chi connectivity index (χ3n) is 5.18. The predicted molar refractivity (Wildman–Crippen MR) is 132 cm³/mol. The zero-order valence-corrected chi connectivity index (χ0v) is 21.2. The Morgan fingerprint density at radius 3 is 2.60 bits per heavy atom. The minimum atomic E-state index is -0.00436. The average Bonchev–Trinajstić information content (AvgIpc) is 3.23. The Bertz CT molecular complexity index is 691. The molecule has 0 aromatic heterocycles. The van der Waals surface area contributed by atoms with E-state index in [1.165, 1.54) is 12.8 Å². The summed E-state index contributed by atoms with van der Waals surface area (Å²) in [5, 5.41) is 6.48. The van der Waals surface area contributed by atoms with E-state index in [0.717, 1.165) is 36.3 Å². The van der Waals surface area contributed by atoms with Crippen LogP contribution >= 0.6 is 24.0 Å². The Kier molecular flexibility index (Phi) is 11.9. The molecule has 8 heteroatoms. The van der Waals surface area contributed by atoms with Crippen molar-refractivity contribution in [2.45, 2.75) is 64.6 Å². The molecule has 0 bridgehead atoms. The molecule has 0 aliphatic heterocycles. The third-order valence-corrected chi connectivity index (χ3v) is 5.18. The van der Waals surface area contributed by atoms with Gasteiger partial charge in [-0.25, -0.2) is 4.99 Å². The predicted octanol–water partition coefficient (Wildman–Crippen LogP) is 3.56. The van der Waals surface area contributed by atoms with Crippen molar-refractivity contribution >= 4 is 35.8 Å². The Labute approximate surface area is 198 Å². The SMILES string of the molecule is CCC(C)NC(=NCc1cccc(OC)c1OC1CCCC1)NCC(=O)N(C)C.I. The van der Waals surface area contributed by atoms with Crippen LogP contribution in [0.3, 0.4) is 0 Å². The van der Waals surface area contributed by atoms with Gasteiger partial charge >= 0.3 is 0 Å². The smallest absolute Gasteiger partial charge is 0.241 e. The molecule has 0 radical (unpaired) electrons. The van der Waals surface area contributed by atoms with Gasteiger partial charge in [0.25, 0.3) is 0 Å². The molecule has 1 aliphatic rings. The summed E-state index contributed by atoms with van der Waals surface area (Å²) >= 11 is 0. The summed E-state index contributed by atoms with van der Waals surface area (Å²) in [7, 11) is 5.14. The van der Waals surface area contributed by atoms with Crippen LogP contribution in [0.2, 0.25) is 0 Å². The van der Waals surface area contributed by atoms with Crippen LogP contribution in [0.15, 0.2) is 23.2 Å². The standard InChI is InChI=1S/C22H36N4O3.HI/c1-6-16(2)25-22(24-15-20(27)26(3)4)23-14-17-10-9-13-19(28-5)21(17)29-18-11-7-8-12-18;/h9-10,13,16,18H,6-8,11-12,14-15H2,1-5H3,(H2,23,24,25);1H. The van der Waals surface area contributed by atoms with Crippen LogP contribution in [0.1, 0.15) is 51.5 Å². The van der Waals surface area contributed by atoms with Crippen molar-refractivity contribution in [3.63, 3.8) is 0 Å². The lowest BCUT2D eigenvalue weighted by Gasteiger charge is -2.20. The molecule has 0 saturated heterocycles. The lowest BCUT2D eigenvalue weighted by Crippen LogP contribution is -2.45. The van der Waals surface area contributed by atoms with Gasteiger partial charge in [0.15, 0.2) is 17.5 Å². The van der Waals surface area contributed by atoms with Crippen molar-refractivity contribution in [3.8, 4) is 11.5 Å². The van der Waals surface area contributed by atoms with Gasteiger partial charge in [-0.05, 0) is 45.1 Å². The molecular weight excluding hydrogens is 495 g/mol. The highest BCUT2D eigenvalue weighted by Crippen LogP contribution is 2.35. The summed E-state index contributed by atoms with van der Waals surface area (Å²) in [4.78, 5) is 18.2. The first-order valence-corrected chi connectivity index (χ1v) is 10.5. The minimum Gasteiger partial charge on any atom is -0.493 e. The molecular formula is C22H37IN4O3. The number of carbonyl (C=O) groups excluding carboxylic acids is 1. The van der Waals surface area contributed by atoms with Crippen LogP contribution in [0.4, 0.5) is 0 Å². The highest BCUT2D eigenvalue weighted by atomic mass is 127. The second-order valence-electron chi connectivity index (χ2n) is 7.73. The second kappa shape index (κ2) is 13.6. The maximum absolute atomic E-state index is 12.0. The first-order valence-electron chi connectivity index (χ1n) is 10.5. The fourth-order valence-corrected chi connectivity index (χ4v) is 3.12. The first-order chi connectivity index (χ1) is 13.9. The summed E-state index contributed by atoms with van der Waals surface area (Å²) in [5.41, 5.74) is 0.973. The van der Waals surface area contributed by atoms with Crippen LogP contribution in [-0.2, 0) is 11.3 Å². The molecule has 0 spiro atoms. The fraction of sp³-hybridized carbons (Fsp3) is 0.636. The van der Waals surface area contributed by atoms with Crippen molar-refractivity contribution in [2.24, 2.45) is 4.99 Å². The largest absolute Gasteiger partial charge is 0.493 e. The zero-order chi connectivity index (χ0) is 21.2. The molecule has 1 atom stereocenters. The number of nitrogens with one attached hydrogen (secondary N) is 2. The molecule has 1 aliphatic carbocycles. The van der Waals surface area contributed by atoms with Crippen LogP contribution in [-0.4, -0.2) is 56.7 Å². The number of nitrogens with zero attached hydrogens (tertiary/aromatic N) is 2. The Balaban J connectivity index is 0.00000450. The van der Waals surface area contributed by atoms with Gasteiger partial charge in [-0.2, -0.15) is 0 Å². The summed E-state index contributed by atoms with van der Waals surface area (Å²) < 4.78 is 11.8. The maximum Gasteiger partial charge on any atom is 0.241 e. The van der Waals surface area contributed by atoms with E-state index in [1.54, 1.807) is 26.1 Å². The van der Waals surface area contributed by atoms with Crippen LogP contribution in [0.5, 0.6) is 11.5 Å².